The van der Waals surface area contributed by atoms with Crippen LogP contribution in [-0.2, 0) is 7.05 Å². The number of nitrogens with zero attached hydrogens (tertiary/aromatic N) is 1. The molecule has 0 atom stereocenters. The van der Waals surface area contributed by atoms with Crippen molar-refractivity contribution in [1.82, 2.24) is 9.97 Å². The normalized spacial score (nSPS) is 11.6. The molecule has 5 aromatic rings. The van der Waals surface area contributed by atoms with Crippen molar-refractivity contribution in [2.45, 2.75) is 5.92 Å². The predicted molar refractivity (Wildman–Crippen MR) is 105 cm³/mol. The molecular formula is C23H20N3+. The third kappa shape index (κ3) is 2.32. The smallest absolute Gasteiger partial charge is 0.168 e. The van der Waals surface area contributed by atoms with Crippen molar-refractivity contribution in [1.29, 1.82) is 0 Å². The van der Waals surface area contributed by atoms with E-state index >= 15 is 0 Å². The van der Waals surface area contributed by atoms with Gasteiger partial charge in [-0.25, -0.2) is 4.57 Å². The first-order valence-corrected chi connectivity index (χ1v) is 8.88. The molecule has 3 aromatic heterocycles. The molecule has 2 N–H and O–H groups in total. The fourth-order valence-corrected chi connectivity index (χ4v) is 3.90. The number of H-pyrrole nitrogens is 2. The molecule has 0 aliphatic rings. The Morgan fingerprint density at radius 3 is 1.73 bits per heavy atom. The predicted octanol–water partition coefficient (Wildman–Crippen LogP) is 4.65. The second-order valence-corrected chi connectivity index (χ2v) is 6.81. The molecule has 0 aliphatic heterocycles. The van der Waals surface area contributed by atoms with Crippen LogP contribution in [0.3, 0.4) is 0 Å². The number of benzene rings is 2. The fourth-order valence-electron chi connectivity index (χ4n) is 3.90. The van der Waals surface area contributed by atoms with E-state index in [2.05, 4.69) is 107 Å². The molecule has 2 aromatic carbocycles. The Morgan fingerprint density at radius 1 is 0.692 bits per heavy atom. The Labute approximate surface area is 151 Å². The van der Waals surface area contributed by atoms with Gasteiger partial charge in [0, 0.05) is 52.3 Å². The summed E-state index contributed by atoms with van der Waals surface area (Å²) in [6.07, 6.45) is 8.55. The SMILES string of the molecule is C[n+]1ccc(C(c2c[nH]c3ccccc23)c2c[nH]c3ccccc23)cc1. The average Bonchev–Trinajstić information content (AvgIpc) is 3.29. The van der Waals surface area contributed by atoms with Crippen LogP contribution < -0.4 is 4.57 Å². The summed E-state index contributed by atoms with van der Waals surface area (Å²) in [4.78, 5) is 6.89. The summed E-state index contributed by atoms with van der Waals surface area (Å²) < 4.78 is 2.07. The zero-order valence-corrected chi connectivity index (χ0v) is 14.6. The highest BCUT2D eigenvalue weighted by atomic mass is 14.9. The van der Waals surface area contributed by atoms with Gasteiger partial charge in [-0.1, -0.05) is 36.4 Å². The first-order valence-electron chi connectivity index (χ1n) is 8.88. The second kappa shape index (κ2) is 5.88. The van der Waals surface area contributed by atoms with Crippen molar-refractivity contribution in [2.75, 3.05) is 0 Å². The summed E-state index contributed by atoms with van der Waals surface area (Å²) in [7, 11) is 2.05. The van der Waals surface area contributed by atoms with Gasteiger partial charge < -0.3 is 9.97 Å². The molecule has 3 heterocycles. The molecule has 0 unspecified atom stereocenters. The van der Waals surface area contributed by atoms with E-state index < -0.39 is 0 Å². The largest absolute Gasteiger partial charge is 0.361 e. The number of aryl methyl sites for hydroxylation is 1. The molecule has 0 saturated carbocycles. The molecule has 3 nitrogen and oxygen atoms in total. The van der Waals surface area contributed by atoms with Crippen molar-refractivity contribution in [2.24, 2.45) is 7.05 Å². The molecule has 0 aliphatic carbocycles. The molecule has 0 saturated heterocycles. The van der Waals surface area contributed by atoms with Crippen LogP contribution >= 0.6 is 0 Å². The zero-order chi connectivity index (χ0) is 17.5. The fraction of sp³-hybridized carbons (Fsp3) is 0.0870. The van der Waals surface area contributed by atoms with E-state index in [1.165, 1.54) is 38.5 Å². The second-order valence-electron chi connectivity index (χ2n) is 6.81. The number of nitrogens with one attached hydrogen (secondary N) is 2. The third-order valence-electron chi connectivity index (χ3n) is 5.20. The quantitative estimate of drug-likeness (QED) is 0.449. The summed E-state index contributed by atoms with van der Waals surface area (Å²) >= 11 is 0. The Kier molecular flexibility index (Phi) is 3.39. The molecule has 126 valence electrons. The Bertz CT molecular complexity index is 1120. The number of hydrogen-bond acceptors (Lipinski definition) is 0. The van der Waals surface area contributed by atoms with Crippen LogP contribution in [0.15, 0.2) is 85.5 Å². The van der Waals surface area contributed by atoms with Gasteiger partial charge in [-0.15, -0.1) is 0 Å². The van der Waals surface area contributed by atoms with Crippen LogP contribution in [-0.4, -0.2) is 9.97 Å². The Morgan fingerprint density at radius 2 is 1.19 bits per heavy atom. The van der Waals surface area contributed by atoms with Crippen LogP contribution in [0.4, 0.5) is 0 Å². The summed E-state index contributed by atoms with van der Waals surface area (Å²) in [5.74, 6) is 0.170. The highest BCUT2D eigenvalue weighted by Crippen LogP contribution is 2.38. The van der Waals surface area contributed by atoms with E-state index in [0.717, 1.165) is 0 Å². The number of rotatable bonds is 3. The van der Waals surface area contributed by atoms with Crippen LogP contribution in [0.2, 0.25) is 0 Å². The van der Waals surface area contributed by atoms with Crippen molar-refractivity contribution in [3.05, 3.63) is 102 Å². The lowest BCUT2D eigenvalue weighted by atomic mass is 9.85. The van der Waals surface area contributed by atoms with Gasteiger partial charge in [0.2, 0.25) is 0 Å². The van der Waals surface area contributed by atoms with Gasteiger partial charge in [0.05, 0.1) is 0 Å². The minimum absolute atomic E-state index is 0.170. The number of para-hydroxylation sites is 2. The van der Waals surface area contributed by atoms with E-state index in [1.807, 2.05) is 0 Å². The van der Waals surface area contributed by atoms with Gasteiger partial charge >= 0.3 is 0 Å². The van der Waals surface area contributed by atoms with Crippen LogP contribution in [0.1, 0.15) is 22.6 Å². The van der Waals surface area contributed by atoms with Crippen molar-refractivity contribution >= 4 is 21.8 Å². The monoisotopic (exact) mass is 338 g/mol. The van der Waals surface area contributed by atoms with E-state index in [4.69, 9.17) is 0 Å². The van der Waals surface area contributed by atoms with E-state index in [1.54, 1.807) is 0 Å². The highest BCUT2D eigenvalue weighted by molar-refractivity contribution is 5.89. The molecule has 3 heteroatoms. The number of fused-ring (bicyclic) bond motifs is 2. The molecule has 0 bridgehead atoms. The van der Waals surface area contributed by atoms with Crippen molar-refractivity contribution < 1.29 is 4.57 Å². The third-order valence-corrected chi connectivity index (χ3v) is 5.20. The molecular weight excluding hydrogens is 318 g/mol. The lowest BCUT2D eigenvalue weighted by molar-refractivity contribution is -0.671. The molecule has 0 amide bonds. The lowest BCUT2D eigenvalue weighted by Gasteiger charge is -2.16. The number of pyridine rings is 1. The molecule has 26 heavy (non-hydrogen) atoms. The standard InChI is InChI=1S/C23H20N3/c1-26-12-10-16(11-13-26)23(19-14-24-21-8-4-2-6-17(19)21)20-15-25-22-9-5-3-7-18(20)22/h2-15,23-25H,1H3/q+1. The molecule has 5 rings (SSSR count). The highest BCUT2D eigenvalue weighted by Gasteiger charge is 2.23. The summed E-state index contributed by atoms with van der Waals surface area (Å²) in [6, 6.07) is 21.5. The number of aromatic nitrogens is 3. The topological polar surface area (TPSA) is 35.5 Å². The molecule has 0 spiro atoms. The maximum absolute atomic E-state index is 3.44. The molecule has 0 radical (unpaired) electrons. The first-order chi connectivity index (χ1) is 12.8. The van der Waals surface area contributed by atoms with E-state index in [9.17, 15) is 0 Å². The van der Waals surface area contributed by atoms with Gasteiger partial charge in [-0.05, 0) is 28.8 Å². The van der Waals surface area contributed by atoms with Gasteiger partial charge in [0.1, 0.15) is 7.05 Å². The molecule has 0 fully saturated rings. The average molecular weight is 338 g/mol. The maximum Gasteiger partial charge on any atom is 0.168 e. The van der Waals surface area contributed by atoms with Crippen molar-refractivity contribution in [3.8, 4) is 0 Å². The summed E-state index contributed by atoms with van der Waals surface area (Å²) in [5, 5.41) is 2.55. The minimum atomic E-state index is 0.170. The van der Waals surface area contributed by atoms with Gasteiger partial charge in [0.15, 0.2) is 12.4 Å². The number of hydrogen-bond donors (Lipinski definition) is 2. The maximum atomic E-state index is 3.44. The van der Waals surface area contributed by atoms with E-state index in [0.29, 0.717) is 0 Å². The Balaban J connectivity index is 1.79. The van der Waals surface area contributed by atoms with E-state index in [-0.39, 0.29) is 5.92 Å². The van der Waals surface area contributed by atoms with Crippen molar-refractivity contribution in [3.63, 3.8) is 0 Å². The zero-order valence-electron chi connectivity index (χ0n) is 14.6. The minimum Gasteiger partial charge on any atom is -0.361 e. The van der Waals surface area contributed by atoms with Gasteiger partial charge in [0.25, 0.3) is 0 Å². The Hall–Kier alpha value is -3.33. The van der Waals surface area contributed by atoms with Crippen LogP contribution in [0.25, 0.3) is 21.8 Å². The summed E-state index contributed by atoms with van der Waals surface area (Å²) in [5.41, 5.74) is 6.25. The number of aromatic amines is 2. The lowest BCUT2D eigenvalue weighted by Crippen LogP contribution is -2.26. The van der Waals surface area contributed by atoms with Gasteiger partial charge in [-0.2, -0.15) is 0 Å². The van der Waals surface area contributed by atoms with Gasteiger partial charge in [-0.3, -0.25) is 0 Å². The van der Waals surface area contributed by atoms with Crippen LogP contribution in [0, 0.1) is 0 Å². The first kappa shape index (κ1) is 15.0. The van der Waals surface area contributed by atoms with Crippen LogP contribution in [0.5, 0.6) is 0 Å². The summed E-state index contributed by atoms with van der Waals surface area (Å²) in [6.45, 7) is 0.